The molecule has 3 heterocycles. The van der Waals surface area contributed by atoms with Gasteiger partial charge in [-0.2, -0.15) is 0 Å². The van der Waals surface area contributed by atoms with Crippen molar-refractivity contribution in [1.29, 1.82) is 0 Å². The molecular formula is C26H32N4O3S. The molecule has 2 aromatic heterocycles. The highest BCUT2D eigenvalue weighted by atomic mass is 32.1. The lowest BCUT2D eigenvalue weighted by Crippen LogP contribution is -2.53. The molecule has 0 saturated carbocycles. The fourth-order valence-electron chi connectivity index (χ4n) is 4.42. The second-order valence-corrected chi connectivity index (χ2v) is 10.3. The molecule has 8 heteroatoms. The Morgan fingerprint density at radius 3 is 2.59 bits per heavy atom. The highest BCUT2D eigenvalue weighted by molar-refractivity contribution is 7.12. The van der Waals surface area contributed by atoms with Gasteiger partial charge in [0, 0.05) is 49.1 Å². The zero-order valence-corrected chi connectivity index (χ0v) is 20.5. The molecule has 1 aliphatic heterocycles. The van der Waals surface area contributed by atoms with E-state index in [1.165, 1.54) is 11.3 Å². The summed E-state index contributed by atoms with van der Waals surface area (Å²) in [5.74, 6) is 0.0774. The van der Waals surface area contributed by atoms with Crippen LogP contribution in [0.3, 0.4) is 0 Å². The topological polar surface area (TPSA) is 94.3 Å². The number of fused-ring (bicyclic) bond motifs is 1. The Morgan fingerprint density at radius 1 is 1.12 bits per heavy atom. The number of H-pyrrole nitrogens is 1. The lowest BCUT2D eigenvalue weighted by atomic mass is 10.0. The van der Waals surface area contributed by atoms with E-state index in [-0.39, 0.29) is 23.8 Å². The Bertz CT molecular complexity index is 1130. The molecule has 3 aromatic rings. The number of nitrogens with zero attached hydrogens (tertiary/aromatic N) is 1. The van der Waals surface area contributed by atoms with Crippen LogP contribution in [0.5, 0.6) is 0 Å². The molecule has 0 radical (unpaired) electrons. The normalized spacial score (nSPS) is 15.4. The van der Waals surface area contributed by atoms with Crippen LogP contribution < -0.4 is 10.6 Å². The van der Waals surface area contributed by atoms with Gasteiger partial charge in [-0.1, -0.05) is 38.1 Å². The fourth-order valence-corrected chi connectivity index (χ4v) is 5.05. The molecule has 3 amide bonds. The van der Waals surface area contributed by atoms with Crippen molar-refractivity contribution in [3.05, 3.63) is 58.4 Å². The van der Waals surface area contributed by atoms with Crippen LogP contribution in [0.25, 0.3) is 10.9 Å². The Kier molecular flexibility index (Phi) is 7.67. The van der Waals surface area contributed by atoms with Crippen LogP contribution in [0, 0.1) is 5.92 Å². The van der Waals surface area contributed by atoms with Gasteiger partial charge in [0.1, 0.15) is 6.04 Å². The molecule has 180 valence electrons. The number of piperidine rings is 1. The first kappa shape index (κ1) is 24.0. The van der Waals surface area contributed by atoms with Crippen molar-refractivity contribution in [3.63, 3.8) is 0 Å². The van der Waals surface area contributed by atoms with E-state index in [2.05, 4.69) is 15.6 Å². The maximum Gasteiger partial charge on any atom is 0.262 e. The summed E-state index contributed by atoms with van der Waals surface area (Å²) in [4.78, 5) is 44.2. The largest absolute Gasteiger partial charge is 0.361 e. The summed E-state index contributed by atoms with van der Waals surface area (Å²) < 4.78 is 0. The van der Waals surface area contributed by atoms with Crippen molar-refractivity contribution in [2.75, 3.05) is 13.1 Å². The summed E-state index contributed by atoms with van der Waals surface area (Å²) in [6, 6.07) is 10.8. The first-order valence-corrected chi connectivity index (χ1v) is 12.8. The highest BCUT2D eigenvalue weighted by Crippen LogP contribution is 2.20. The Labute approximate surface area is 203 Å². The zero-order chi connectivity index (χ0) is 24.1. The van der Waals surface area contributed by atoms with Crippen molar-refractivity contribution < 1.29 is 14.4 Å². The standard InChI is InChI=1S/C26H32N4O3S/c1-17(2)14-24(31)30-11-9-19(10-12-30)28-25(32)22(29-26(33)23-8-5-13-34-23)15-18-16-27-21-7-4-3-6-20(18)21/h3-8,13,16-17,19,22,27H,9-12,14-15H2,1-2H3,(H,28,32)(H,29,33). The SMILES string of the molecule is CC(C)CC(=O)N1CCC(NC(=O)C(Cc2c[nH]c3ccccc23)NC(=O)c2cccs2)CC1. The van der Waals surface area contributed by atoms with Crippen LogP contribution in [0.2, 0.25) is 0 Å². The van der Waals surface area contributed by atoms with Crippen LogP contribution in [-0.2, 0) is 16.0 Å². The fraction of sp³-hybridized carbons (Fsp3) is 0.423. The van der Waals surface area contributed by atoms with Crippen LogP contribution in [0.4, 0.5) is 0 Å². The lowest BCUT2D eigenvalue weighted by Gasteiger charge is -2.33. The molecule has 1 fully saturated rings. The smallest absolute Gasteiger partial charge is 0.262 e. The van der Waals surface area contributed by atoms with Crippen molar-refractivity contribution in [3.8, 4) is 0 Å². The number of amides is 3. The second kappa shape index (κ2) is 10.9. The van der Waals surface area contributed by atoms with Gasteiger partial charge in [0.25, 0.3) is 5.91 Å². The monoisotopic (exact) mass is 480 g/mol. The predicted octanol–water partition coefficient (Wildman–Crippen LogP) is 3.72. The first-order valence-electron chi connectivity index (χ1n) is 11.9. The number of benzene rings is 1. The summed E-state index contributed by atoms with van der Waals surface area (Å²) in [7, 11) is 0. The van der Waals surface area contributed by atoms with E-state index in [9.17, 15) is 14.4 Å². The average Bonchev–Trinajstić information content (AvgIpc) is 3.49. The third kappa shape index (κ3) is 5.86. The molecular weight excluding hydrogens is 448 g/mol. The van der Waals surface area contributed by atoms with Gasteiger partial charge in [-0.25, -0.2) is 0 Å². The number of aromatic nitrogens is 1. The number of rotatable bonds is 8. The van der Waals surface area contributed by atoms with E-state index in [1.54, 1.807) is 6.07 Å². The molecule has 0 aliphatic carbocycles. The summed E-state index contributed by atoms with van der Waals surface area (Å²) in [6.45, 7) is 5.38. The number of carbonyl (C=O) groups is 3. The molecule has 7 nitrogen and oxygen atoms in total. The summed E-state index contributed by atoms with van der Waals surface area (Å²) in [6.07, 6.45) is 4.28. The molecule has 1 unspecified atom stereocenters. The van der Waals surface area contributed by atoms with E-state index in [0.29, 0.717) is 49.6 Å². The number of carbonyl (C=O) groups excluding carboxylic acids is 3. The van der Waals surface area contributed by atoms with E-state index in [0.717, 1.165) is 16.5 Å². The van der Waals surface area contributed by atoms with Crippen molar-refractivity contribution in [1.82, 2.24) is 20.5 Å². The van der Waals surface area contributed by atoms with E-state index in [1.807, 2.05) is 60.7 Å². The minimum absolute atomic E-state index is 0.0142. The maximum atomic E-state index is 13.3. The maximum absolute atomic E-state index is 13.3. The molecule has 1 aliphatic rings. The first-order chi connectivity index (χ1) is 16.4. The van der Waals surface area contributed by atoms with Gasteiger partial charge in [-0.15, -0.1) is 11.3 Å². The van der Waals surface area contributed by atoms with Crippen molar-refractivity contribution in [2.24, 2.45) is 5.92 Å². The Morgan fingerprint density at radius 2 is 1.88 bits per heavy atom. The van der Waals surface area contributed by atoms with Gasteiger partial charge in [0.05, 0.1) is 4.88 Å². The minimum atomic E-state index is -0.700. The molecule has 0 spiro atoms. The summed E-state index contributed by atoms with van der Waals surface area (Å²) in [5, 5.41) is 8.96. The Balaban J connectivity index is 1.42. The van der Waals surface area contributed by atoms with E-state index < -0.39 is 6.04 Å². The number of aromatic amines is 1. The molecule has 34 heavy (non-hydrogen) atoms. The number of hydrogen-bond donors (Lipinski definition) is 3. The number of hydrogen-bond acceptors (Lipinski definition) is 4. The third-order valence-electron chi connectivity index (χ3n) is 6.24. The van der Waals surface area contributed by atoms with Gasteiger partial charge in [0.2, 0.25) is 11.8 Å². The summed E-state index contributed by atoms with van der Waals surface area (Å²) >= 11 is 1.35. The molecule has 1 atom stereocenters. The van der Waals surface area contributed by atoms with Crippen LogP contribution in [0.15, 0.2) is 48.0 Å². The van der Waals surface area contributed by atoms with Crippen LogP contribution in [-0.4, -0.2) is 52.8 Å². The molecule has 0 bridgehead atoms. The predicted molar refractivity (Wildman–Crippen MR) is 135 cm³/mol. The number of para-hydroxylation sites is 1. The minimum Gasteiger partial charge on any atom is -0.361 e. The summed E-state index contributed by atoms with van der Waals surface area (Å²) in [5.41, 5.74) is 1.98. The van der Waals surface area contributed by atoms with E-state index in [4.69, 9.17) is 0 Å². The lowest BCUT2D eigenvalue weighted by molar-refractivity contribution is -0.133. The van der Waals surface area contributed by atoms with E-state index >= 15 is 0 Å². The average molecular weight is 481 g/mol. The van der Waals surface area contributed by atoms with Crippen LogP contribution in [0.1, 0.15) is 48.3 Å². The third-order valence-corrected chi connectivity index (χ3v) is 7.11. The molecule has 1 aromatic carbocycles. The number of thiophene rings is 1. The van der Waals surface area contributed by atoms with Crippen LogP contribution >= 0.6 is 11.3 Å². The highest BCUT2D eigenvalue weighted by Gasteiger charge is 2.28. The number of nitrogens with one attached hydrogen (secondary N) is 3. The molecule has 4 rings (SSSR count). The van der Waals surface area contributed by atoms with Crippen molar-refractivity contribution >= 4 is 40.0 Å². The van der Waals surface area contributed by atoms with Gasteiger partial charge < -0.3 is 20.5 Å². The molecule has 3 N–H and O–H groups in total. The zero-order valence-electron chi connectivity index (χ0n) is 19.7. The molecule has 1 saturated heterocycles. The Hall–Kier alpha value is -3.13. The second-order valence-electron chi connectivity index (χ2n) is 9.33. The van der Waals surface area contributed by atoms with Gasteiger partial charge in [-0.3, -0.25) is 14.4 Å². The quantitative estimate of drug-likeness (QED) is 0.459. The van der Waals surface area contributed by atoms with Gasteiger partial charge in [0.15, 0.2) is 0 Å². The van der Waals surface area contributed by atoms with Gasteiger partial charge in [-0.05, 0) is 41.8 Å². The van der Waals surface area contributed by atoms with Crippen molar-refractivity contribution in [2.45, 2.75) is 51.6 Å². The van der Waals surface area contributed by atoms with Gasteiger partial charge >= 0.3 is 0 Å². The number of likely N-dealkylation sites (tertiary alicyclic amines) is 1.